The Bertz CT molecular complexity index is 715. The minimum atomic E-state index is 0.634. The number of fused-ring (bicyclic) bond motifs is 1. The molecular weight excluding hydrogens is 274 g/mol. The monoisotopic (exact) mass is 289 g/mol. The van der Waals surface area contributed by atoms with Crippen LogP contribution in [0.1, 0.15) is 23.4 Å². The van der Waals surface area contributed by atoms with E-state index in [-0.39, 0.29) is 0 Å². The van der Waals surface area contributed by atoms with Gasteiger partial charge in [0.2, 0.25) is 0 Å². The molecule has 0 saturated heterocycles. The second-order valence-corrected chi connectivity index (χ2v) is 5.23. The quantitative estimate of drug-likeness (QED) is 0.678. The summed E-state index contributed by atoms with van der Waals surface area (Å²) in [6, 6.07) is 4.08. The molecule has 20 heavy (non-hydrogen) atoms. The topological polar surface area (TPSA) is 48.0 Å². The molecule has 0 aliphatic carbocycles. The second-order valence-electron chi connectivity index (χ2n) is 4.85. The normalized spacial score (nSPS) is 11.3. The molecule has 0 unspecified atom stereocenters. The van der Waals surface area contributed by atoms with Crippen molar-refractivity contribution in [2.24, 2.45) is 0 Å². The maximum absolute atomic E-state index is 5.68. The van der Waals surface area contributed by atoms with Crippen molar-refractivity contribution in [3.8, 4) is 0 Å². The number of imidazole rings is 1. The lowest BCUT2D eigenvalue weighted by atomic mass is 10.3. The van der Waals surface area contributed by atoms with E-state index in [1.165, 1.54) is 5.56 Å². The standard InChI is InChI=1S/C14H16ClN5/c1-11-4-3-7-19-8-13(16-14(11)19)10-20-9-12(17-18-20)5-2-6-15/h3-4,7-9H,2,5-6,10H2,1H3. The molecule has 0 spiro atoms. The van der Waals surface area contributed by atoms with Crippen molar-refractivity contribution in [1.82, 2.24) is 24.4 Å². The molecule has 3 aromatic rings. The van der Waals surface area contributed by atoms with Gasteiger partial charge >= 0.3 is 0 Å². The summed E-state index contributed by atoms with van der Waals surface area (Å²) in [5.41, 5.74) is 4.11. The third-order valence-electron chi connectivity index (χ3n) is 3.20. The average Bonchev–Trinajstić information content (AvgIpc) is 3.04. The number of rotatable bonds is 5. The maximum Gasteiger partial charge on any atom is 0.140 e. The Labute approximate surface area is 122 Å². The first kappa shape index (κ1) is 13.1. The Kier molecular flexibility index (Phi) is 3.69. The van der Waals surface area contributed by atoms with Gasteiger partial charge in [-0.25, -0.2) is 9.67 Å². The summed E-state index contributed by atoms with van der Waals surface area (Å²) in [5.74, 6) is 0.651. The number of hydrogen-bond donors (Lipinski definition) is 0. The summed E-state index contributed by atoms with van der Waals surface area (Å²) in [4.78, 5) is 4.63. The zero-order valence-electron chi connectivity index (χ0n) is 11.3. The van der Waals surface area contributed by atoms with E-state index in [0.29, 0.717) is 12.4 Å². The Morgan fingerprint density at radius 3 is 2.95 bits per heavy atom. The Hall–Kier alpha value is -1.88. The highest BCUT2D eigenvalue weighted by Crippen LogP contribution is 2.11. The lowest BCUT2D eigenvalue weighted by molar-refractivity contribution is 0.640. The predicted molar refractivity (Wildman–Crippen MR) is 78.1 cm³/mol. The van der Waals surface area contributed by atoms with E-state index in [4.69, 9.17) is 11.6 Å². The molecule has 3 aromatic heterocycles. The summed E-state index contributed by atoms with van der Waals surface area (Å²) in [5, 5.41) is 8.27. The largest absolute Gasteiger partial charge is 0.307 e. The van der Waals surface area contributed by atoms with Crippen molar-refractivity contribution in [2.75, 3.05) is 5.88 Å². The number of aryl methyl sites for hydroxylation is 2. The minimum absolute atomic E-state index is 0.634. The number of halogens is 1. The van der Waals surface area contributed by atoms with Crippen LogP contribution in [0, 0.1) is 6.92 Å². The van der Waals surface area contributed by atoms with Crippen molar-refractivity contribution in [1.29, 1.82) is 0 Å². The molecule has 0 aliphatic heterocycles. The number of aromatic nitrogens is 5. The Balaban J connectivity index is 1.79. The van der Waals surface area contributed by atoms with Gasteiger partial charge in [0, 0.05) is 24.5 Å². The molecule has 0 fully saturated rings. The Morgan fingerprint density at radius 1 is 1.25 bits per heavy atom. The van der Waals surface area contributed by atoms with Gasteiger partial charge in [0.25, 0.3) is 0 Å². The van der Waals surface area contributed by atoms with Gasteiger partial charge in [-0.15, -0.1) is 16.7 Å². The molecule has 0 bridgehead atoms. The van der Waals surface area contributed by atoms with E-state index >= 15 is 0 Å². The number of alkyl halides is 1. The van der Waals surface area contributed by atoms with E-state index in [1.807, 2.05) is 33.7 Å². The van der Waals surface area contributed by atoms with E-state index in [1.54, 1.807) is 0 Å². The van der Waals surface area contributed by atoms with Crippen molar-refractivity contribution < 1.29 is 0 Å². The third-order valence-corrected chi connectivity index (χ3v) is 3.47. The molecule has 0 aromatic carbocycles. The van der Waals surface area contributed by atoms with Gasteiger partial charge in [0.05, 0.1) is 17.9 Å². The number of pyridine rings is 1. The predicted octanol–water partition coefficient (Wildman–Crippen LogP) is 2.45. The molecule has 0 radical (unpaired) electrons. The van der Waals surface area contributed by atoms with E-state index < -0.39 is 0 Å². The van der Waals surface area contributed by atoms with Crippen LogP contribution in [0.25, 0.3) is 5.65 Å². The molecule has 3 rings (SSSR count). The maximum atomic E-state index is 5.68. The number of hydrogen-bond acceptors (Lipinski definition) is 3. The van der Waals surface area contributed by atoms with E-state index in [9.17, 15) is 0 Å². The molecule has 0 amide bonds. The summed E-state index contributed by atoms with van der Waals surface area (Å²) >= 11 is 5.68. The van der Waals surface area contributed by atoms with Crippen LogP contribution in [0.5, 0.6) is 0 Å². The first-order valence-corrected chi connectivity index (χ1v) is 7.18. The molecule has 104 valence electrons. The van der Waals surface area contributed by atoms with Crippen LogP contribution in [-0.2, 0) is 13.0 Å². The van der Waals surface area contributed by atoms with Crippen LogP contribution in [-0.4, -0.2) is 30.3 Å². The summed E-state index contributed by atoms with van der Waals surface area (Å²) < 4.78 is 3.86. The van der Waals surface area contributed by atoms with Gasteiger partial charge < -0.3 is 4.40 Å². The van der Waals surface area contributed by atoms with Crippen LogP contribution in [0.3, 0.4) is 0 Å². The SMILES string of the molecule is Cc1cccn2cc(Cn3cc(CCCCl)nn3)nc12. The van der Waals surface area contributed by atoms with Crippen LogP contribution in [0.15, 0.2) is 30.7 Å². The van der Waals surface area contributed by atoms with E-state index in [0.717, 1.165) is 29.9 Å². The smallest absolute Gasteiger partial charge is 0.140 e. The van der Waals surface area contributed by atoms with Crippen LogP contribution >= 0.6 is 11.6 Å². The van der Waals surface area contributed by atoms with Crippen LogP contribution in [0.4, 0.5) is 0 Å². The molecule has 0 N–H and O–H groups in total. The first-order chi connectivity index (χ1) is 9.76. The van der Waals surface area contributed by atoms with Crippen molar-refractivity contribution >= 4 is 17.2 Å². The molecule has 3 heterocycles. The molecule has 0 atom stereocenters. The average molecular weight is 290 g/mol. The third kappa shape index (κ3) is 2.67. The van der Waals surface area contributed by atoms with Gasteiger partial charge in [-0.1, -0.05) is 11.3 Å². The van der Waals surface area contributed by atoms with Crippen molar-refractivity contribution in [3.05, 3.63) is 47.7 Å². The highest BCUT2D eigenvalue weighted by Gasteiger charge is 2.06. The van der Waals surface area contributed by atoms with Gasteiger partial charge in [0.15, 0.2) is 0 Å². The zero-order valence-corrected chi connectivity index (χ0v) is 12.1. The number of nitrogens with zero attached hydrogens (tertiary/aromatic N) is 5. The van der Waals surface area contributed by atoms with Crippen LogP contribution < -0.4 is 0 Å². The Morgan fingerprint density at radius 2 is 2.15 bits per heavy atom. The molecule has 0 saturated carbocycles. The summed E-state index contributed by atoms with van der Waals surface area (Å²) in [6.45, 7) is 2.70. The second kappa shape index (κ2) is 5.63. The fraction of sp³-hybridized carbons (Fsp3) is 0.357. The highest BCUT2D eigenvalue weighted by atomic mass is 35.5. The highest BCUT2D eigenvalue weighted by molar-refractivity contribution is 6.17. The van der Waals surface area contributed by atoms with Gasteiger partial charge in [0.1, 0.15) is 5.65 Å². The fourth-order valence-electron chi connectivity index (χ4n) is 2.22. The summed E-state index contributed by atoms with van der Waals surface area (Å²) in [7, 11) is 0. The molecule has 6 heteroatoms. The first-order valence-electron chi connectivity index (χ1n) is 6.64. The minimum Gasteiger partial charge on any atom is -0.307 e. The lowest BCUT2D eigenvalue weighted by Gasteiger charge is -1.94. The van der Waals surface area contributed by atoms with E-state index in [2.05, 4.69) is 28.3 Å². The molecule has 0 aliphatic rings. The fourth-order valence-corrected chi connectivity index (χ4v) is 2.36. The molecule has 5 nitrogen and oxygen atoms in total. The lowest BCUT2D eigenvalue weighted by Crippen LogP contribution is -2.00. The van der Waals surface area contributed by atoms with Crippen molar-refractivity contribution in [3.63, 3.8) is 0 Å². The van der Waals surface area contributed by atoms with Gasteiger partial charge in [-0.3, -0.25) is 0 Å². The summed E-state index contributed by atoms with van der Waals surface area (Å²) in [6.07, 6.45) is 7.79. The van der Waals surface area contributed by atoms with Crippen molar-refractivity contribution in [2.45, 2.75) is 26.3 Å². The van der Waals surface area contributed by atoms with Gasteiger partial charge in [-0.05, 0) is 31.4 Å². The zero-order chi connectivity index (χ0) is 13.9. The molecular formula is C14H16ClN5. The van der Waals surface area contributed by atoms with Gasteiger partial charge in [-0.2, -0.15) is 0 Å². The van der Waals surface area contributed by atoms with Crippen LogP contribution in [0.2, 0.25) is 0 Å².